The van der Waals surface area contributed by atoms with E-state index in [9.17, 15) is 0 Å². The minimum absolute atomic E-state index is 0.107. The van der Waals surface area contributed by atoms with Crippen molar-refractivity contribution in [2.75, 3.05) is 0 Å². The van der Waals surface area contributed by atoms with Crippen molar-refractivity contribution in [1.29, 1.82) is 0 Å². The van der Waals surface area contributed by atoms with Crippen LogP contribution in [0.1, 0.15) is 31.9 Å². The number of aromatic nitrogens is 2. The Kier molecular flexibility index (Phi) is 3.57. The van der Waals surface area contributed by atoms with Crippen LogP contribution in [-0.2, 0) is 5.41 Å². The second-order valence-corrected chi connectivity index (χ2v) is 7.74. The largest absolute Gasteiger partial charge is 0.236 e. The predicted molar refractivity (Wildman–Crippen MR) is 106 cm³/mol. The first kappa shape index (κ1) is 15.8. The molecule has 3 aromatic carbocycles. The summed E-state index contributed by atoms with van der Waals surface area (Å²) in [5, 5.41) is 3.48. The summed E-state index contributed by atoms with van der Waals surface area (Å²) >= 11 is 0. The molecule has 2 heteroatoms. The summed E-state index contributed by atoms with van der Waals surface area (Å²) in [7, 11) is 0. The first-order valence-electron chi connectivity index (χ1n) is 8.68. The second kappa shape index (κ2) is 5.66. The van der Waals surface area contributed by atoms with Crippen molar-refractivity contribution < 1.29 is 0 Å². The number of benzene rings is 3. The Morgan fingerprint density at radius 2 is 1.60 bits per heavy atom. The SMILES string of the molecule is Cc1cc(-c2ncnc3c2ccc2ccccc23)cc(C(C)(C)C)c1. The van der Waals surface area contributed by atoms with Crippen LogP contribution in [-0.4, -0.2) is 9.97 Å². The molecule has 1 heterocycles. The van der Waals surface area contributed by atoms with Crippen molar-refractivity contribution in [3.05, 3.63) is 72.1 Å². The average Bonchev–Trinajstić information content (AvgIpc) is 2.59. The molecular formula is C23H22N2. The maximum Gasteiger partial charge on any atom is 0.116 e. The zero-order valence-corrected chi connectivity index (χ0v) is 15.2. The summed E-state index contributed by atoms with van der Waals surface area (Å²) in [6.07, 6.45) is 1.68. The molecule has 4 rings (SSSR count). The molecule has 0 saturated carbocycles. The number of hydrogen-bond donors (Lipinski definition) is 0. The van der Waals surface area contributed by atoms with E-state index in [2.05, 4.69) is 92.3 Å². The Morgan fingerprint density at radius 3 is 2.40 bits per heavy atom. The monoisotopic (exact) mass is 326 g/mol. The van der Waals surface area contributed by atoms with E-state index in [-0.39, 0.29) is 5.41 Å². The van der Waals surface area contributed by atoms with Crippen LogP contribution in [0, 0.1) is 6.92 Å². The molecule has 0 N–H and O–H groups in total. The normalized spacial score (nSPS) is 12.0. The van der Waals surface area contributed by atoms with Crippen LogP contribution in [0.3, 0.4) is 0 Å². The molecule has 0 unspecified atom stereocenters. The summed E-state index contributed by atoms with van der Waals surface area (Å²) in [5.74, 6) is 0. The van der Waals surface area contributed by atoms with Gasteiger partial charge < -0.3 is 0 Å². The van der Waals surface area contributed by atoms with Gasteiger partial charge in [0.15, 0.2) is 0 Å². The number of nitrogens with zero attached hydrogens (tertiary/aromatic N) is 2. The third kappa shape index (κ3) is 2.78. The first-order valence-corrected chi connectivity index (χ1v) is 8.68. The maximum atomic E-state index is 4.64. The Bertz CT molecular complexity index is 1090. The fourth-order valence-corrected chi connectivity index (χ4v) is 3.38. The summed E-state index contributed by atoms with van der Waals surface area (Å²) in [4.78, 5) is 9.22. The van der Waals surface area contributed by atoms with Gasteiger partial charge in [-0.3, -0.25) is 0 Å². The van der Waals surface area contributed by atoms with E-state index in [0.717, 1.165) is 22.2 Å². The van der Waals surface area contributed by atoms with Crippen LogP contribution in [0.4, 0.5) is 0 Å². The van der Waals surface area contributed by atoms with Gasteiger partial charge in [-0.25, -0.2) is 9.97 Å². The first-order chi connectivity index (χ1) is 11.9. The molecular weight excluding hydrogens is 304 g/mol. The van der Waals surface area contributed by atoms with Crippen LogP contribution < -0.4 is 0 Å². The minimum Gasteiger partial charge on any atom is -0.236 e. The molecule has 0 spiro atoms. The number of rotatable bonds is 1. The molecule has 0 aliphatic rings. The van der Waals surface area contributed by atoms with E-state index < -0.39 is 0 Å². The highest BCUT2D eigenvalue weighted by Gasteiger charge is 2.16. The summed E-state index contributed by atoms with van der Waals surface area (Å²) in [6.45, 7) is 8.89. The van der Waals surface area contributed by atoms with E-state index in [0.29, 0.717) is 0 Å². The molecule has 0 amide bonds. The standard InChI is InChI=1S/C23H22N2/c1-15-11-17(13-18(12-15)23(2,3)4)21-20-10-9-16-7-5-6-8-19(16)22(20)25-14-24-21/h5-14H,1-4H3. The lowest BCUT2D eigenvalue weighted by Gasteiger charge is -2.21. The molecule has 0 aliphatic heterocycles. The number of fused-ring (bicyclic) bond motifs is 3. The van der Waals surface area contributed by atoms with Crippen molar-refractivity contribution in [3.8, 4) is 11.3 Å². The molecule has 1 aromatic heterocycles. The fourth-order valence-electron chi connectivity index (χ4n) is 3.38. The molecule has 0 bridgehead atoms. The van der Waals surface area contributed by atoms with Gasteiger partial charge in [-0.05, 0) is 41.5 Å². The van der Waals surface area contributed by atoms with E-state index >= 15 is 0 Å². The number of aryl methyl sites for hydroxylation is 1. The molecule has 25 heavy (non-hydrogen) atoms. The topological polar surface area (TPSA) is 25.8 Å². The minimum atomic E-state index is 0.107. The molecule has 4 aromatic rings. The van der Waals surface area contributed by atoms with Crippen LogP contribution >= 0.6 is 0 Å². The van der Waals surface area contributed by atoms with E-state index in [1.54, 1.807) is 6.33 Å². The van der Waals surface area contributed by atoms with Gasteiger partial charge in [0.1, 0.15) is 6.33 Å². The summed E-state index contributed by atoms with van der Waals surface area (Å²) in [6, 6.07) is 19.4. The lowest BCUT2D eigenvalue weighted by atomic mass is 9.84. The molecule has 0 aliphatic carbocycles. The summed E-state index contributed by atoms with van der Waals surface area (Å²) < 4.78 is 0. The van der Waals surface area contributed by atoms with Crippen molar-refractivity contribution in [3.63, 3.8) is 0 Å². The second-order valence-electron chi connectivity index (χ2n) is 7.74. The molecule has 2 nitrogen and oxygen atoms in total. The van der Waals surface area contributed by atoms with E-state index in [1.807, 2.05) is 0 Å². The maximum absolute atomic E-state index is 4.64. The quantitative estimate of drug-likeness (QED) is 0.398. The van der Waals surface area contributed by atoms with Crippen molar-refractivity contribution in [2.24, 2.45) is 0 Å². The van der Waals surface area contributed by atoms with Crippen LogP contribution in [0.15, 0.2) is 60.9 Å². The average molecular weight is 326 g/mol. The van der Waals surface area contributed by atoms with E-state index in [4.69, 9.17) is 0 Å². The Balaban J connectivity index is 2.02. The predicted octanol–water partition coefficient (Wildman–Crippen LogP) is 6.06. The Hall–Kier alpha value is -2.74. The molecule has 0 saturated heterocycles. The molecule has 0 fully saturated rings. The highest BCUT2D eigenvalue weighted by Crippen LogP contribution is 2.33. The van der Waals surface area contributed by atoms with Crippen LogP contribution in [0.25, 0.3) is 32.9 Å². The summed E-state index contributed by atoms with van der Waals surface area (Å²) in [5.41, 5.74) is 5.88. The van der Waals surface area contributed by atoms with Gasteiger partial charge in [0.25, 0.3) is 0 Å². The van der Waals surface area contributed by atoms with Gasteiger partial charge in [0, 0.05) is 16.3 Å². The van der Waals surface area contributed by atoms with Crippen molar-refractivity contribution in [2.45, 2.75) is 33.1 Å². The third-order valence-corrected chi connectivity index (χ3v) is 4.75. The third-order valence-electron chi connectivity index (χ3n) is 4.75. The molecule has 0 radical (unpaired) electrons. The number of hydrogen-bond acceptors (Lipinski definition) is 2. The molecule has 0 atom stereocenters. The van der Waals surface area contributed by atoms with E-state index in [1.165, 1.54) is 21.9 Å². The highest BCUT2D eigenvalue weighted by atomic mass is 14.8. The highest BCUT2D eigenvalue weighted by molar-refractivity contribution is 6.08. The van der Waals surface area contributed by atoms with Crippen LogP contribution in [0.2, 0.25) is 0 Å². The zero-order chi connectivity index (χ0) is 17.6. The fraction of sp³-hybridized carbons (Fsp3) is 0.217. The Morgan fingerprint density at radius 1 is 0.800 bits per heavy atom. The zero-order valence-electron chi connectivity index (χ0n) is 15.2. The smallest absolute Gasteiger partial charge is 0.116 e. The van der Waals surface area contributed by atoms with Gasteiger partial charge >= 0.3 is 0 Å². The van der Waals surface area contributed by atoms with Gasteiger partial charge in [-0.15, -0.1) is 0 Å². The molecule has 124 valence electrons. The van der Waals surface area contributed by atoms with Gasteiger partial charge in [-0.2, -0.15) is 0 Å². The lowest BCUT2D eigenvalue weighted by molar-refractivity contribution is 0.590. The lowest BCUT2D eigenvalue weighted by Crippen LogP contribution is -2.11. The Labute approximate surface area is 148 Å². The van der Waals surface area contributed by atoms with Crippen LogP contribution in [0.5, 0.6) is 0 Å². The van der Waals surface area contributed by atoms with Crippen molar-refractivity contribution in [1.82, 2.24) is 9.97 Å². The van der Waals surface area contributed by atoms with Gasteiger partial charge in [-0.1, -0.05) is 62.7 Å². The van der Waals surface area contributed by atoms with Gasteiger partial charge in [0.05, 0.1) is 11.2 Å². The van der Waals surface area contributed by atoms with Gasteiger partial charge in [0.2, 0.25) is 0 Å². The van der Waals surface area contributed by atoms with Crippen molar-refractivity contribution >= 4 is 21.7 Å².